The third-order valence-corrected chi connectivity index (χ3v) is 4.13. The maximum atomic E-state index is 6.14. The van der Waals surface area contributed by atoms with Crippen LogP contribution in [0.1, 0.15) is 0 Å². The summed E-state index contributed by atoms with van der Waals surface area (Å²) in [5.41, 5.74) is 1.53. The number of rotatable bonds is 3. The molecule has 3 aromatic rings. The number of pyridine rings is 1. The van der Waals surface area contributed by atoms with Crippen molar-refractivity contribution in [1.82, 2.24) is 9.97 Å². The Morgan fingerprint density at radius 1 is 1.15 bits per heavy atom. The Morgan fingerprint density at radius 3 is 2.70 bits per heavy atom. The van der Waals surface area contributed by atoms with E-state index in [0.717, 1.165) is 11.1 Å². The standard InChI is InChI=1S/C13H9Cl2N3OS/c1-16-11-7(14)6-8(15)12(18-11)20-13-17-9-4-2-3-5-10(9)19-13/h2-6H,1H3,(H,16,18). The van der Waals surface area contributed by atoms with Crippen LogP contribution >= 0.6 is 35.0 Å². The first kappa shape index (κ1) is 13.5. The zero-order valence-corrected chi connectivity index (χ0v) is 12.7. The third kappa shape index (κ3) is 2.57. The number of aromatic nitrogens is 2. The van der Waals surface area contributed by atoms with E-state index in [9.17, 15) is 0 Å². The van der Waals surface area contributed by atoms with Gasteiger partial charge in [-0.1, -0.05) is 35.3 Å². The van der Waals surface area contributed by atoms with Gasteiger partial charge in [-0.2, -0.15) is 0 Å². The van der Waals surface area contributed by atoms with E-state index in [1.165, 1.54) is 11.8 Å². The average molecular weight is 326 g/mol. The second-order valence-electron chi connectivity index (χ2n) is 3.91. The summed E-state index contributed by atoms with van der Waals surface area (Å²) in [6, 6.07) is 9.20. The van der Waals surface area contributed by atoms with E-state index in [2.05, 4.69) is 15.3 Å². The van der Waals surface area contributed by atoms with E-state index < -0.39 is 0 Å². The molecular weight excluding hydrogens is 317 g/mol. The van der Waals surface area contributed by atoms with Crippen molar-refractivity contribution in [2.75, 3.05) is 12.4 Å². The molecule has 2 aromatic heterocycles. The van der Waals surface area contributed by atoms with Crippen LogP contribution in [0.5, 0.6) is 0 Å². The zero-order chi connectivity index (χ0) is 14.1. The minimum absolute atomic E-state index is 0.459. The molecule has 1 aromatic carbocycles. The molecule has 0 aliphatic heterocycles. The van der Waals surface area contributed by atoms with Crippen LogP contribution in [-0.4, -0.2) is 17.0 Å². The Balaban J connectivity index is 1.98. The largest absolute Gasteiger partial charge is 0.431 e. The zero-order valence-electron chi connectivity index (χ0n) is 10.4. The maximum absolute atomic E-state index is 6.14. The Hall–Kier alpha value is -1.43. The van der Waals surface area contributed by atoms with Crippen LogP contribution in [0, 0.1) is 0 Å². The molecule has 0 atom stereocenters. The third-order valence-electron chi connectivity index (χ3n) is 2.59. The fraction of sp³-hybridized carbons (Fsp3) is 0.0769. The van der Waals surface area contributed by atoms with Gasteiger partial charge in [0.25, 0.3) is 5.22 Å². The molecule has 0 saturated heterocycles. The van der Waals surface area contributed by atoms with Crippen molar-refractivity contribution in [3.05, 3.63) is 40.4 Å². The second-order valence-corrected chi connectivity index (χ2v) is 5.66. The number of fused-ring (bicyclic) bond motifs is 1. The SMILES string of the molecule is CNc1nc(Sc2nc3ccccc3o2)c(Cl)cc1Cl. The van der Waals surface area contributed by atoms with Crippen LogP contribution in [-0.2, 0) is 0 Å². The van der Waals surface area contributed by atoms with Gasteiger partial charge in [-0.05, 0) is 30.0 Å². The average Bonchev–Trinajstić information content (AvgIpc) is 2.84. The molecule has 0 unspecified atom stereocenters. The molecular formula is C13H9Cl2N3OS. The van der Waals surface area contributed by atoms with Gasteiger partial charge in [-0.15, -0.1) is 0 Å². The van der Waals surface area contributed by atoms with Crippen molar-refractivity contribution in [1.29, 1.82) is 0 Å². The summed E-state index contributed by atoms with van der Waals surface area (Å²) in [5, 5.41) is 4.92. The lowest BCUT2D eigenvalue weighted by atomic mass is 10.3. The molecule has 0 aliphatic carbocycles. The van der Waals surface area contributed by atoms with Gasteiger partial charge in [-0.3, -0.25) is 0 Å². The van der Waals surface area contributed by atoms with Crippen molar-refractivity contribution < 1.29 is 4.42 Å². The number of hydrogen-bond acceptors (Lipinski definition) is 5. The number of anilines is 1. The van der Waals surface area contributed by atoms with Crippen LogP contribution < -0.4 is 5.32 Å². The first-order valence-electron chi connectivity index (χ1n) is 5.74. The van der Waals surface area contributed by atoms with Gasteiger partial charge in [0.1, 0.15) is 16.4 Å². The van der Waals surface area contributed by atoms with E-state index >= 15 is 0 Å². The summed E-state index contributed by atoms with van der Waals surface area (Å²) in [5.74, 6) is 0.565. The number of nitrogens with one attached hydrogen (secondary N) is 1. The van der Waals surface area contributed by atoms with E-state index in [1.807, 2.05) is 24.3 Å². The summed E-state index contributed by atoms with van der Waals surface area (Å²) >= 11 is 13.4. The van der Waals surface area contributed by atoms with Gasteiger partial charge < -0.3 is 9.73 Å². The highest BCUT2D eigenvalue weighted by molar-refractivity contribution is 7.99. The minimum atomic E-state index is 0.459. The summed E-state index contributed by atoms with van der Waals surface area (Å²) in [4.78, 5) is 8.72. The quantitative estimate of drug-likeness (QED) is 0.754. The molecule has 7 heteroatoms. The molecule has 102 valence electrons. The van der Waals surface area contributed by atoms with Crippen LogP contribution in [0.2, 0.25) is 10.0 Å². The highest BCUT2D eigenvalue weighted by Crippen LogP contribution is 2.36. The number of benzene rings is 1. The fourth-order valence-electron chi connectivity index (χ4n) is 1.67. The molecule has 0 saturated carbocycles. The van der Waals surface area contributed by atoms with Crippen molar-refractivity contribution in [3.8, 4) is 0 Å². The predicted molar refractivity (Wildman–Crippen MR) is 81.9 cm³/mol. The lowest BCUT2D eigenvalue weighted by Gasteiger charge is -2.06. The van der Waals surface area contributed by atoms with Gasteiger partial charge in [0, 0.05) is 7.05 Å². The summed E-state index contributed by atoms with van der Waals surface area (Å²) in [6.07, 6.45) is 0. The van der Waals surface area contributed by atoms with E-state index in [-0.39, 0.29) is 0 Å². The summed E-state index contributed by atoms with van der Waals surface area (Å²) < 4.78 is 5.63. The molecule has 0 bridgehead atoms. The number of hydrogen-bond donors (Lipinski definition) is 1. The number of halogens is 2. The van der Waals surface area contributed by atoms with Crippen molar-refractivity contribution >= 4 is 51.9 Å². The minimum Gasteiger partial charge on any atom is -0.431 e. The lowest BCUT2D eigenvalue weighted by molar-refractivity contribution is 0.489. The van der Waals surface area contributed by atoms with Gasteiger partial charge in [0.05, 0.1) is 10.0 Å². The van der Waals surface area contributed by atoms with Crippen molar-refractivity contribution in [2.45, 2.75) is 10.2 Å². The Bertz CT molecular complexity index is 742. The van der Waals surface area contributed by atoms with Gasteiger partial charge >= 0.3 is 0 Å². The molecule has 0 amide bonds. The summed E-state index contributed by atoms with van der Waals surface area (Å²) in [7, 11) is 1.75. The Morgan fingerprint density at radius 2 is 1.95 bits per heavy atom. The topological polar surface area (TPSA) is 51.0 Å². The first-order valence-corrected chi connectivity index (χ1v) is 7.32. The smallest absolute Gasteiger partial charge is 0.263 e. The lowest BCUT2D eigenvalue weighted by Crippen LogP contribution is -1.95. The molecule has 0 fully saturated rings. The highest BCUT2D eigenvalue weighted by Gasteiger charge is 2.13. The number of para-hydroxylation sites is 2. The molecule has 0 aliphatic rings. The van der Waals surface area contributed by atoms with Crippen LogP contribution in [0.4, 0.5) is 5.82 Å². The van der Waals surface area contributed by atoms with Crippen LogP contribution in [0.25, 0.3) is 11.1 Å². The van der Waals surface area contributed by atoms with Crippen molar-refractivity contribution in [2.24, 2.45) is 0 Å². The fourth-order valence-corrected chi connectivity index (χ4v) is 2.98. The van der Waals surface area contributed by atoms with Gasteiger partial charge in [0.2, 0.25) is 0 Å². The van der Waals surface area contributed by atoms with Crippen molar-refractivity contribution in [3.63, 3.8) is 0 Å². The van der Waals surface area contributed by atoms with Crippen LogP contribution in [0.3, 0.4) is 0 Å². The molecule has 0 spiro atoms. The highest BCUT2D eigenvalue weighted by atomic mass is 35.5. The number of oxazole rings is 1. The van der Waals surface area contributed by atoms with Gasteiger partial charge in [0.15, 0.2) is 5.58 Å². The molecule has 20 heavy (non-hydrogen) atoms. The molecule has 2 heterocycles. The van der Waals surface area contributed by atoms with E-state index in [1.54, 1.807) is 13.1 Å². The monoisotopic (exact) mass is 325 g/mol. The van der Waals surface area contributed by atoms with Crippen LogP contribution in [0.15, 0.2) is 45.0 Å². The first-order chi connectivity index (χ1) is 9.67. The summed E-state index contributed by atoms with van der Waals surface area (Å²) in [6.45, 7) is 0. The predicted octanol–water partition coefficient (Wildman–Crippen LogP) is 4.72. The molecule has 3 rings (SSSR count). The van der Waals surface area contributed by atoms with E-state index in [0.29, 0.717) is 26.1 Å². The molecule has 1 N–H and O–H groups in total. The molecule has 0 radical (unpaired) electrons. The van der Waals surface area contributed by atoms with Gasteiger partial charge in [-0.25, -0.2) is 9.97 Å². The Kier molecular flexibility index (Phi) is 3.74. The molecule has 4 nitrogen and oxygen atoms in total. The maximum Gasteiger partial charge on any atom is 0.263 e. The van der Waals surface area contributed by atoms with E-state index in [4.69, 9.17) is 27.6 Å². The second kappa shape index (κ2) is 5.52. The number of nitrogens with zero attached hydrogens (tertiary/aromatic N) is 2. The normalized spacial score (nSPS) is 10.9. The Labute approximate surface area is 129 Å².